The Balaban J connectivity index is 1.67. The average Bonchev–Trinajstić information content (AvgIpc) is 3.32. The molecule has 220 valence electrons. The van der Waals surface area contributed by atoms with E-state index in [0.29, 0.717) is 39.6 Å². The molecule has 0 spiro atoms. The van der Waals surface area contributed by atoms with Crippen LogP contribution in [-0.4, -0.2) is 52.4 Å². The van der Waals surface area contributed by atoms with Gasteiger partial charge in [-0.1, -0.05) is 36.4 Å². The second kappa shape index (κ2) is 12.6. The fourth-order valence-corrected chi connectivity index (χ4v) is 4.56. The first kappa shape index (κ1) is 29.9. The van der Waals surface area contributed by atoms with Gasteiger partial charge in [-0.25, -0.2) is 14.0 Å². The fourth-order valence-electron chi connectivity index (χ4n) is 4.56. The Morgan fingerprint density at radius 1 is 0.833 bits per heavy atom. The summed E-state index contributed by atoms with van der Waals surface area (Å²) in [6, 6.07) is 14.6. The zero-order valence-electron chi connectivity index (χ0n) is 21.9. The second-order valence-electron chi connectivity index (χ2n) is 9.45. The van der Waals surface area contributed by atoms with Crippen molar-refractivity contribution >= 4 is 29.0 Å². The smallest absolute Gasteiger partial charge is 0.416 e. The second-order valence-corrected chi connectivity index (χ2v) is 9.45. The van der Waals surface area contributed by atoms with Gasteiger partial charge in [0.05, 0.1) is 5.56 Å². The summed E-state index contributed by atoms with van der Waals surface area (Å²) in [6.07, 6.45) is -6.59. The van der Waals surface area contributed by atoms with E-state index in [9.17, 15) is 37.1 Å². The van der Waals surface area contributed by atoms with Gasteiger partial charge in [-0.15, -0.1) is 0 Å². The van der Waals surface area contributed by atoms with Gasteiger partial charge in [-0.3, -0.25) is 4.79 Å². The number of rotatable bonds is 10. The molecule has 0 aliphatic rings. The summed E-state index contributed by atoms with van der Waals surface area (Å²) in [6.45, 7) is -0.0571. The molecule has 3 amide bonds. The van der Waals surface area contributed by atoms with Crippen LogP contribution < -0.4 is 16.0 Å². The number of aromatic amines is 1. The van der Waals surface area contributed by atoms with Crippen LogP contribution in [0.4, 0.5) is 27.2 Å². The molecule has 4 rings (SSSR count). The monoisotopic (exact) mass is 586 g/mol. The number of halogens is 4. The van der Waals surface area contributed by atoms with Crippen molar-refractivity contribution in [3.05, 3.63) is 83.8 Å². The van der Waals surface area contributed by atoms with E-state index in [1.807, 2.05) is 0 Å². The highest BCUT2D eigenvalue weighted by molar-refractivity contribution is 6.10. The van der Waals surface area contributed by atoms with Gasteiger partial charge in [0.15, 0.2) is 0 Å². The van der Waals surface area contributed by atoms with Crippen molar-refractivity contribution in [3.63, 3.8) is 0 Å². The summed E-state index contributed by atoms with van der Waals surface area (Å²) in [5.74, 6) is -1.04. The Labute approximate surface area is 236 Å². The van der Waals surface area contributed by atoms with Crippen LogP contribution >= 0.6 is 0 Å². The first-order valence-electron chi connectivity index (χ1n) is 12.8. The predicted octanol–water partition coefficient (Wildman–Crippen LogP) is 6.07. The molecular weight excluding hydrogens is 560 g/mol. The Kier molecular flexibility index (Phi) is 8.99. The minimum atomic E-state index is -4.55. The van der Waals surface area contributed by atoms with Gasteiger partial charge in [0.2, 0.25) is 0 Å². The molecule has 0 bridgehead atoms. The number of alkyl halides is 3. The summed E-state index contributed by atoms with van der Waals surface area (Å²) in [4.78, 5) is 38.3. The van der Waals surface area contributed by atoms with Gasteiger partial charge in [-0.2, -0.15) is 13.2 Å². The van der Waals surface area contributed by atoms with Gasteiger partial charge in [0.1, 0.15) is 11.5 Å². The largest absolute Gasteiger partial charge is 0.465 e. The number of benzene rings is 3. The summed E-state index contributed by atoms with van der Waals surface area (Å²) >= 11 is 0. The molecule has 0 unspecified atom stereocenters. The van der Waals surface area contributed by atoms with E-state index in [-0.39, 0.29) is 25.2 Å². The molecule has 3 aromatic carbocycles. The maximum absolute atomic E-state index is 13.4. The van der Waals surface area contributed by atoms with Crippen LogP contribution in [0.3, 0.4) is 0 Å². The first-order chi connectivity index (χ1) is 19.9. The quantitative estimate of drug-likeness (QED) is 0.0987. The summed E-state index contributed by atoms with van der Waals surface area (Å²) < 4.78 is 53.0. The van der Waals surface area contributed by atoms with E-state index in [1.54, 1.807) is 30.3 Å². The van der Waals surface area contributed by atoms with Crippen molar-refractivity contribution in [2.45, 2.75) is 25.1 Å². The number of aromatic nitrogens is 1. The van der Waals surface area contributed by atoms with Crippen LogP contribution in [0.2, 0.25) is 0 Å². The number of carbonyl (C=O) groups excluding carboxylic acids is 1. The van der Waals surface area contributed by atoms with Crippen molar-refractivity contribution in [1.82, 2.24) is 20.9 Å². The number of fused-ring (bicyclic) bond motifs is 1. The minimum absolute atomic E-state index is 0.0441. The maximum Gasteiger partial charge on any atom is 0.416 e. The fraction of sp³-hybridized carbons (Fsp3) is 0.207. The van der Waals surface area contributed by atoms with E-state index in [1.165, 1.54) is 24.3 Å². The first-order valence-corrected chi connectivity index (χ1v) is 12.8. The lowest BCUT2D eigenvalue weighted by molar-refractivity contribution is -0.137. The van der Waals surface area contributed by atoms with Gasteiger partial charge >= 0.3 is 18.4 Å². The topological polar surface area (TPSA) is 144 Å². The number of carbonyl (C=O) groups is 3. The van der Waals surface area contributed by atoms with Crippen LogP contribution in [0, 0.1) is 5.82 Å². The number of H-pyrrole nitrogens is 1. The van der Waals surface area contributed by atoms with E-state index in [2.05, 4.69) is 20.9 Å². The lowest BCUT2D eigenvalue weighted by atomic mass is 9.98. The van der Waals surface area contributed by atoms with Crippen LogP contribution in [0.5, 0.6) is 0 Å². The van der Waals surface area contributed by atoms with Crippen molar-refractivity contribution in [1.29, 1.82) is 0 Å². The van der Waals surface area contributed by atoms with Crippen LogP contribution in [-0.2, 0) is 6.18 Å². The number of hydrogen-bond acceptors (Lipinski definition) is 3. The zero-order chi connectivity index (χ0) is 30.4. The molecule has 6 N–H and O–H groups in total. The number of amides is 3. The molecule has 0 saturated heterocycles. The molecule has 9 nitrogen and oxygen atoms in total. The molecule has 0 radical (unpaired) electrons. The Bertz CT molecular complexity index is 1580. The molecule has 0 aliphatic carbocycles. The van der Waals surface area contributed by atoms with Gasteiger partial charge in [0.25, 0.3) is 5.91 Å². The van der Waals surface area contributed by atoms with E-state index >= 15 is 0 Å². The lowest BCUT2D eigenvalue weighted by Gasteiger charge is -2.18. The van der Waals surface area contributed by atoms with Crippen molar-refractivity contribution < 1.29 is 42.2 Å². The number of hydrogen-bond donors (Lipinski definition) is 6. The molecule has 13 heteroatoms. The highest BCUT2D eigenvalue weighted by Crippen LogP contribution is 2.37. The highest BCUT2D eigenvalue weighted by Gasteiger charge is 2.30. The molecular formula is C29H26F4N4O5. The third-order valence-electron chi connectivity index (χ3n) is 6.55. The Morgan fingerprint density at radius 2 is 1.48 bits per heavy atom. The number of carboxylic acid groups (broad SMARTS) is 2. The third-order valence-corrected chi connectivity index (χ3v) is 6.55. The Morgan fingerprint density at radius 3 is 2.10 bits per heavy atom. The maximum atomic E-state index is 13.4. The molecule has 42 heavy (non-hydrogen) atoms. The molecule has 0 fully saturated rings. The minimum Gasteiger partial charge on any atom is -0.465 e. The van der Waals surface area contributed by atoms with Crippen LogP contribution in [0.1, 0.15) is 28.9 Å². The van der Waals surface area contributed by atoms with Crippen LogP contribution in [0.25, 0.3) is 33.2 Å². The van der Waals surface area contributed by atoms with Gasteiger partial charge in [-0.05, 0) is 59.9 Å². The molecule has 0 aliphatic heterocycles. The lowest BCUT2D eigenvalue weighted by Crippen LogP contribution is -2.43. The third kappa shape index (κ3) is 7.36. The van der Waals surface area contributed by atoms with Gasteiger partial charge < -0.3 is 31.1 Å². The molecule has 1 aromatic heterocycles. The molecule has 0 saturated carbocycles. The van der Waals surface area contributed by atoms with E-state index < -0.39 is 41.7 Å². The Hall–Kier alpha value is -5.07. The van der Waals surface area contributed by atoms with E-state index in [4.69, 9.17) is 5.11 Å². The normalized spacial score (nSPS) is 12.1. The standard InChI is InChI=1S/C29H26F4N4O5/c30-20-10-5-16(6-11-20)18-7-12-22-23(14-18)37-25(24(22)17-3-8-19(9-4-17)29(31,32)33)26(38)35-15-21(36-28(41)42)2-1-13-34-27(39)40/h3-12,14,21,34,36-37H,1-2,13,15H2,(H,35,38)(H,39,40)(H,41,42)/t21-/m0/s1. The van der Waals surface area contributed by atoms with Crippen molar-refractivity contribution in [2.75, 3.05) is 13.1 Å². The predicted molar refractivity (Wildman–Crippen MR) is 147 cm³/mol. The van der Waals surface area contributed by atoms with Crippen molar-refractivity contribution in [3.8, 4) is 22.3 Å². The summed E-state index contributed by atoms with van der Waals surface area (Å²) in [5.41, 5.74) is 1.78. The molecule has 4 aromatic rings. The highest BCUT2D eigenvalue weighted by atomic mass is 19.4. The number of nitrogens with one attached hydrogen (secondary N) is 4. The SMILES string of the molecule is O=C(O)NCCC[C@@H](CNC(=O)c1[nH]c2cc(-c3ccc(F)cc3)ccc2c1-c1ccc(C(F)(F)F)cc1)NC(=O)O. The van der Waals surface area contributed by atoms with Crippen molar-refractivity contribution in [2.24, 2.45) is 0 Å². The summed E-state index contributed by atoms with van der Waals surface area (Å²) in [5, 5.41) is 25.5. The molecule has 1 atom stereocenters. The van der Waals surface area contributed by atoms with Gasteiger partial charge in [0, 0.05) is 35.6 Å². The van der Waals surface area contributed by atoms with Crippen LogP contribution in [0.15, 0.2) is 66.7 Å². The molecule has 1 heterocycles. The summed E-state index contributed by atoms with van der Waals surface area (Å²) in [7, 11) is 0. The van der Waals surface area contributed by atoms with E-state index in [0.717, 1.165) is 12.1 Å². The average molecular weight is 587 g/mol. The zero-order valence-corrected chi connectivity index (χ0v) is 21.9.